The quantitative estimate of drug-likeness (QED) is 0.369. The number of thiophene rings is 1. The Bertz CT molecular complexity index is 760. The Kier molecular flexibility index (Phi) is 5.48. The van der Waals surface area contributed by atoms with Crippen LogP contribution in [-0.4, -0.2) is 35.4 Å². The number of nitrogen functional groups attached to an aromatic ring is 1. The van der Waals surface area contributed by atoms with E-state index in [0.29, 0.717) is 6.54 Å². The summed E-state index contributed by atoms with van der Waals surface area (Å²) in [6.07, 6.45) is 0. The Morgan fingerprint density at radius 1 is 1.38 bits per heavy atom. The maximum absolute atomic E-state index is 12.0. The summed E-state index contributed by atoms with van der Waals surface area (Å²) in [7, 11) is 1.60. The van der Waals surface area contributed by atoms with Crippen LogP contribution in [0.25, 0.3) is 0 Å². The molecular weight excluding hydrogens is 334 g/mol. The number of nitro benzene ring substituents is 1. The number of nitrogens with zero attached hydrogens (tertiary/aromatic N) is 2. The van der Waals surface area contributed by atoms with Gasteiger partial charge in [0.05, 0.1) is 17.0 Å². The van der Waals surface area contributed by atoms with Crippen LogP contribution in [0.2, 0.25) is 0 Å². The van der Waals surface area contributed by atoms with Gasteiger partial charge in [-0.1, -0.05) is 6.07 Å². The zero-order chi connectivity index (χ0) is 17.7. The van der Waals surface area contributed by atoms with Crippen molar-refractivity contribution in [1.82, 2.24) is 4.90 Å². The van der Waals surface area contributed by atoms with E-state index < -0.39 is 17.5 Å². The van der Waals surface area contributed by atoms with Crippen LogP contribution in [0, 0.1) is 10.1 Å². The average Bonchev–Trinajstić information content (AvgIpc) is 3.05. The molecule has 0 saturated heterocycles. The Morgan fingerprint density at radius 3 is 2.75 bits per heavy atom. The number of hydrogen-bond donors (Lipinski definition) is 1. The number of hydrogen-bond acceptors (Lipinski definition) is 7. The van der Waals surface area contributed by atoms with E-state index in [1.165, 1.54) is 28.4 Å². The molecule has 126 valence electrons. The lowest BCUT2D eigenvalue weighted by Crippen LogP contribution is -2.30. The minimum atomic E-state index is -0.823. The van der Waals surface area contributed by atoms with Gasteiger partial charge in [-0.2, -0.15) is 0 Å². The molecule has 8 nitrogen and oxygen atoms in total. The first-order valence-corrected chi connectivity index (χ1v) is 7.74. The molecule has 0 atom stereocenters. The number of ether oxygens (including phenoxy) is 1. The van der Waals surface area contributed by atoms with Crippen molar-refractivity contribution < 1.29 is 19.2 Å². The van der Waals surface area contributed by atoms with Crippen molar-refractivity contribution in [2.24, 2.45) is 0 Å². The summed E-state index contributed by atoms with van der Waals surface area (Å²) in [6, 6.07) is 7.36. The number of rotatable bonds is 6. The van der Waals surface area contributed by atoms with Gasteiger partial charge in [-0.05, 0) is 23.6 Å². The van der Waals surface area contributed by atoms with E-state index in [1.54, 1.807) is 7.05 Å². The van der Waals surface area contributed by atoms with Gasteiger partial charge in [0.15, 0.2) is 6.61 Å². The molecule has 0 spiro atoms. The Balaban J connectivity index is 1.94. The van der Waals surface area contributed by atoms with Gasteiger partial charge in [0.25, 0.3) is 11.6 Å². The molecule has 1 aromatic heterocycles. The number of carbonyl (C=O) groups is 2. The van der Waals surface area contributed by atoms with Crippen LogP contribution in [0.5, 0.6) is 0 Å². The second-order valence-electron chi connectivity index (χ2n) is 4.94. The third-order valence-electron chi connectivity index (χ3n) is 3.19. The van der Waals surface area contributed by atoms with E-state index in [4.69, 9.17) is 10.5 Å². The monoisotopic (exact) mass is 349 g/mol. The maximum Gasteiger partial charge on any atom is 0.338 e. The lowest BCUT2D eigenvalue weighted by molar-refractivity contribution is -0.383. The summed E-state index contributed by atoms with van der Waals surface area (Å²) in [4.78, 5) is 36.4. The molecule has 0 aliphatic carbocycles. The minimum Gasteiger partial charge on any atom is -0.452 e. The Labute approximate surface area is 141 Å². The van der Waals surface area contributed by atoms with E-state index in [-0.39, 0.29) is 22.8 Å². The first-order chi connectivity index (χ1) is 11.4. The second-order valence-corrected chi connectivity index (χ2v) is 5.97. The van der Waals surface area contributed by atoms with Crippen LogP contribution < -0.4 is 5.73 Å². The molecule has 1 amide bonds. The molecule has 0 fully saturated rings. The standard InChI is InChI=1S/C15H15N3O5S/c1-17(8-11-3-2-6-24-11)14(19)9-23-15(20)10-4-5-12(16)13(7-10)18(21)22/h2-7H,8-9,16H2,1H3. The highest BCUT2D eigenvalue weighted by atomic mass is 32.1. The Hall–Kier alpha value is -2.94. The molecule has 9 heteroatoms. The summed E-state index contributed by atoms with van der Waals surface area (Å²) in [5.74, 6) is -1.20. The van der Waals surface area contributed by atoms with Crippen LogP contribution in [-0.2, 0) is 16.1 Å². The van der Waals surface area contributed by atoms with Crippen molar-refractivity contribution in [3.05, 3.63) is 56.3 Å². The van der Waals surface area contributed by atoms with Crippen molar-refractivity contribution in [3.8, 4) is 0 Å². The van der Waals surface area contributed by atoms with Crippen molar-refractivity contribution in [2.45, 2.75) is 6.54 Å². The second kappa shape index (κ2) is 7.55. The first kappa shape index (κ1) is 17.4. The largest absolute Gasteiger partial charge is 0.452 e. The molecule has 0 radical (unpaired) electrons. The van der Waals surface area contributed by atoms with Gasteiger partial charge in [0.1, 0.15) is 5.69 Å². The van der Waals surface area contributed by atoms with Crippen molar-refractivity contribution in [2.75, 3.05) is 19.4 Å². The van der Waals surface area contributed by atoms with E-state index in [1.807, 2.05) is 17.5 Å². The highest BCUT2D eigenvalue weighted by Crippen LogP contribution is 2.22. The van der Waals surface area contributed by atoms with Gasteiger partial charge in [-0.25, -0.2) is 4.79 Å². The maximum atomic E-state index is 12.0. The van der Waals surface area contributed by atoms with Crippen molar-refractivity contribution in [3.63, 3.8) is 0 Å². The molecule has 0 aliphatic heterocycles. The average molecular weight is 349 g/mol. The van der Waals surface area contributed by atoms with E-state index in [0.717, 1.165) is 10.9 Å². The van der Waals surface area contributed by atoms with Crippen LogP contribution in [0.4, 0.5) is 11.4 Å². The molecule has 1 aromatic carbocycles. The number of benzene rings is 1. The molecule has 0 unspecified atom stereocenters. The fourth-order valence-corrected chi connectivity index (χ4v) is 2.63. The van der Waals surface area contributed by atoms with Crippen molar-refractivity contribution >= 4 is 34.6 Å². The summed E-state index contributed by atoms with van der Waals surface area (Å²) in [5.41, 5.74) is 4.99. The summed E-state index contributed by atoms with van der Waals surface area (Å²) in [6.45, 7) is -0.0275. The van der Waals surface area contributed by atoms with Gasteiger partial charge in [-0.15, -0.1) is 11.3 Å². The van der Waals surface area contributed by atoms with E-state index >= 15 is 0 Å². The topological polar surface area (TPSA) is 116 Å². The highest BCUT2D eigenvalue weighted by molar-refractivity contribution is 7.09. The first-order valence-electron chi connectivity index (χ1n) is 6.86. The van der Waals surface area contributed by atoms with Crippen molar-refractivity contribution in [1.29, 1.82) is 0 Å². The molecular formula is C15H15N3O5S. The number of nitro groups is 1. The smallest absolute Gasteiger partial charge is 0.338 e. The zero-order valence-corrected chi connectivity index (χ0v) is 13.6. The van der Waals surface area contributed by atoms with Crippen LogP contribution in [0.1, 0.15) is 15.2 Å². The SMILES string of the molecule is CN(Cc1cccs1)C(=O)COC(=O)c1ccc(N)c([N+](=O)[O-])c1. The van der Waals surface area contributed by atoms with Gasteiger partial charge in [0, 0.05) is 18.0 Å². The van der Waals surface area contributed by atoms with E-state index in [2.05, 4.69) is 0 Å². The number of nitrogens with two attached hydrogens (primary N) is 1. The zero-order valence-electron chi connectivity index (χ0n) is 12.8. The molecule has 2 rings (SSSR count). The molecule has 1 heterocycles. The minimum absolute atomic E-state index is 0.0374. The molecule has 2 N–H and O–H groups in total. The number of esters is 1. The van der Waals surface area contributed by atoms with Gasteiger partial charge in [-0.3, -0.25) is 14.9 Å². The van der Waals surface area contributed by atoms with Gasteiger partial charge in [0.2, 0.25) is 0 Å². The summed E-state index contributed by atoms with van der Waals surface area (Å²) in [5, 5.41) is 12.7. The highest BCUT2D eigenvalue weighted by Gasteiger charge is 2.18. The summed E-state index contributed by atoms with van der Waals surface area (Å²) < 4.78 is 4.91. The predicted molar refractivity (Wildman–Crippen MR) is 88.6 cm³/mol. The van der Waals surface area contributed by atoms with Crippen LogP contribution in [0.15, 0.2) is 35.7 Å². The molecule has 0 bridgehead atoms. The lowest BCUT2D eigenvalue weighted by atomic mass is 10.2. The lowest BCUT2D eigenvalue weighted by Gasteiger charge is -2.16. The summed E-state index contributed by atoms with van der Waals surface area (Å²) >= 11 is 1.52. The number of carbonyl (C=O) groups excluding carboxylic acids is 2. The van der Waals surface area contributed by atoms with Crippen LogP contribution in [0.3, 0.4) is 0 Å². The number of amides is 1. The van der Waals surface area contributed by atoms with Crippen LogP contribution >= 0.6 is 11.3 Å². The number of likely N-dealkylation sites (N-methyl/N-ethyl adjacent to an activating group) is 1. The van der Waals surface area contributed by atoms with E-state index in [9.17, 15) is 19.7 Å². The number of anilines is 1. The molecule has 24 heavy (non-hydrogen) atoms. The van der Waals surface area contributed by atoms with Gasteiger partial charge < -0.3 is 15.4 Å². The fourth-order valence-electron chi connectivity index (χ4n) is 1.87. The Morgan fingerprint density at radius 2 is 2.12 bits per heavy atom. The third-order valence-corrected chi connectivity index (χ3v) is 4.05. The third kappa shape index (κ3) is 4.29. The van der Waals surface area contributed by atoms with Gasteiger partial charge >= 0.3 is 5.97 Å². The fraction of sp³-hybridized carbons (Fsp3) is 0.200. The predicted octanol–water partition coefficient (Wildman–Crippen LogP) is 2.05. The molecule has 0 saturated carbocycles. The molecule has 2 aromatic rings. The normalized spacial score (nSPS) is 10.2. The molecule has 0 aliphatic rings.